The molecule has 1 aromatic carbocycles. The van der Waals surface area contributed by atoms with Crippen LogP contribution in [-0.4, -0.2) is 12.0 Å². The molecule has 0 atom stereocenters. The van der Waals surface area contributed by atoms with Gasteiger partial charge in [0.15, 0.2) is 0 Å². The quantitative estimate of drug-likeness (QED) is 0.852. The van der Waals surface area contributed by atoms with Crippen molar-refractivity contribution in [3.8, 4) is 11.3 Å². The SMILES string of the molecule is CNc1cccc(-c2c(F)ccc(Br)c2F)n1. The van der Waals surface area contributed by atoms with Gasteiger partial charge in [0.25, 0.3) is 0 Å². The topological polar surface area (TPSA) is 24.9 Å². The Kier molecular flexibility index (Phi) is 3.38. The van der Waals surface area contributed by atoms with E-state index < -0.39 is 11.6 Å². The number of rotatable bonds is 2. The maximum atomic E-state index is 13.8. The fourth-order valence-corrected chi connectivity index (χ4v) is 1.81. The highest BCUT2D eigenvalue weighted by Crippen LogP contribution is 2.29. The molecule has 1 aromatic heterocycles. The van der Waals surface area contributed by atoms with Gasteiger partial charge in [-0.2, -0.15) is 0 Å². The predicted molar refractivity (Wildman–Crippen MR) is 66.8 cm³/mol. The molecule has 1 heterocycles. The monoisotopic (exact) mass is 298 g/mol. The van der Waals surface area contributed by atoms with E-state index in [1.165, 1.54) is 12.1 Å². The number of nitrogens with zero attached hydrogens (tertiary/aromatic N) is 1. The first-order valence-electron chi connectivity index (χ1n) is 4.92. The Hall–Kier alpha value is -1.49. The van der Waals surface area contributed by atoms with Crippen LogP contribution >= 0.6 is 15.9 Å². The van der Waals surface area contributed by atoms with E-state index in [1.54, 1.807) is 25.2 Å². The number of nitrogens with one attached hydrogen (secondary N) is 1. The van der Waals surface area contributed by atoms with Crippen molar-refractivity contribution in [3.05, 3.63) is 46.4 Å². The number of hydrogen-bond donors (Lipinski definition) is 1. The minimum Gasteiger partial charge on any atom is -0.373 e. The van der Waals surface area contributed by atoms with Crippen LogP contribution in [0.3, 0.4) is 0 Å². The molecule has 17 heavy (non-hydrogen) atoms. The van der Waals surface area contributed by atoms with E-state index in [0.717, 1.165) is 0 Å². The lowest BCUT2D eigenvalue weighted by Crippen LogP contribution is -1.97. The van der Waals surface area contributed by atoms with Gasteiger partial charge in [0, 0.05) is 7.05 Å². The Bertz CT molecular complexity index is 558. The van der Waals surface area contributed by atoms with E-state index in [0.29, 0.717) is 5.82 Å². The molecule has 2 aromatic rings. The number of benzene rings is 1. The summed E-state index contributed by atoms with van der Waals surface area (Å²) in [5, 5.41) is 2.82. The van der Waals surface area contributed by atoms with Crippen LogP contribution in [0, 0.1) is 11.6 Å². The normalized spacial score (nSPS) is 10.4. The van der Waals surface area contributed by atoms with Gasteiger partial charge >= 0.3 is 0 Å². The average Bonchev–Trinajstić information content (AvgIpc) is 2.35. The summed E-state index contributed by atoms with van der Waals surface area (Å²) in [6, 6.07) is 7.51. The summed E-state index contributed by atoms with van der Waals surface area (Å²) >= 11 is 3.03. The molecule has 0 aliphatic heterocycles. The average molecular weight is 299 g/mol. The molecule has 0 aliphatic carbocycles. The summed E-state index contributed by atoms with van der Waals surface area (Å²) in [6.07, 6.45) is 0. The van der Waals surface area contributed by atoms with E-state index in [2.05, 4.69) is 26.2 Å². The van der Waals surface area contributed by atoms with Crippen molar-refractivity contribution in [1.29, 1.82) is 0 Å². The molecule has 0 saturated carbocycles. The van der Waals surface area contributed by atoms with Crippen LogP contribution in [0.5, 0.6) is 0 Å². The van der Waals surface area contributed by atoms with Crippen molar-refractivity contribution in [1.82, 2.24) is 4.98 Å². The Morgan fingerprint density at radius 2 is 1.94 bits per heavy atom. The molecule has 2 rings (SSSR count). The standard InChI is InChI=1S/C12H9BrF2N2/c1-16-10-4-2-3-9(17-10)11-8(14)6-5-7(13)12(11)15/h2-6H,1H3,(H,16,17). The summed E-state index contributed by atoms with van der Waals surface area (Å²) in [6.45, 7) is 0. The zero-order chi connectivity index (χ0) is 12.4. The summed E-state index contributed by atoms with van der Waals surface area (Å²) in [7, 11) is 1.69. The molecule has 0 bridgehead atoms. The first-order valence-corrected chi connectivity index (χ1v) is 5.71. The number of anilines is 1. The largest absolute Gasteiger partial charge is 0.373 e. The number of halogens is 3. The molecule has 0 spiro atoms. The van der Waals surface area contributed by atoms with Gasteiger partial charge in [0.1, 0.15) is 17.5 Å². The zero-order valence-electron chi connectivity index (χ0n) is 8.97. The molecule has 0 amide bonds. The minimum atomic E-state index is -0.647. The number of hydrogen-bond acceptors (Lipinski definition) is 2. The molecule has 2 nitrogen and oxygen atoms in total. The molecule has 5 heteroatoms. The Labute approximate surface area is 106 Å². The Balaban J connectivity index is 2.63. The van der Waals surface area contributed by atoms with Crippen molar-refractivity contribution >= 4 is 21.7 Å². The van der Waals surface area contributed by atoms with Gasteiger partial charge in [-0.05, 0) is 40.2 Å². The first-order chi connectivity index (χ1) is 8.13. The number of pyridine rings is 1. The van der Waals surface area contributed by atoms with E-state index in [9.17, 15) is 8.78 Å². The van der Waals surface area contributed by atoms with Crippen molar-refractivity contribution in [2.24, 2.45) is 0 Å². The summed E-state index contributed by atoms with van der Waals surface area (Å²) in [5.41, 5.74) is 0.129. The van der Waals surface area contributed by atoms with Crippen LogP contribution in [0.2, 0.25) is 0 Å². The van der Waals surface area contributed by atoms with Crippen LogP contribution in [0.25, 0.3) is 11.3 Å². The second-order valence-corrected chi connectivity index (χ2v) is 4.23. The molecule has 0 radical (unpaired) electrons. The van der Waals surface area contributed by atoms with Gasteiger partial charge in [-0.15, -0.1) is 0 Å². The second-order valence-electron chi connectivity index (χ2n) is 3.38. The molecular weight excluding hydrogens is 290 g/mol. The first kappa shape index (κ1) is 12.0. The van der Waals surface area contributed by atoms with Gasteiger partial charge < -0.3 is 5.32 Å². The lowest BCUT2D eigenvalue weighted by atomic mass is 10.1. The van der Waals surface area contributed by atoms with Crippen molar-refractivity contribution in [2.45, 2.75) is 0 Å². The van der Waals surface area contributed by atoms with Crippen LogP contribution in [-0.2, 0) is 0 Å². The predicted octanol–water partition coefficient (Wildman–Crippen LogP) is 3.83. The van der Waals surface area contributed by atoms with Gasteiger partial charge in [-0.3, -0.25) is 0 Å². The molecule has 1 N–H and O–H groups in total. The van der Waals surface area contributed by atoms with Crippen LogP contribution in [0.4, 0.5) is 14.6 Å². The highest BCUT2D eigenvalue weighted by Gasteiger charge is 2.15. The third-order valence-corrected chi connectivity index (χ3v) is 2.92. The Morgan fingerprint density at radius 3 is 2.65 bits per heavy atom. The van der Waals surface area contributed by atoms with E-state index in [4.69, 9.17) is 0 Å². The molecular formula is C12H9BrF2N2. The highest BCUT2D eigenvalue weighted by molar-refractivity contribution is 9.10. The van der Waals surface area contributed by atoms with Crippen LogP contribution in [0.1, 0.15) is 0 Å². The Morgan fingerprint density at radius 1 is 1.18 bits per heavy atom. The van der Waals surface area contributed by atoms with Crippen molar-refractivity contribution in [2.75, 3.05) is 12.4 Å². The van der Waals surface area contributed by atoms with Gasteiger partial charge in [-0.25, -0.2) is 13.8 Å². The maximum Gasteiger partial charge on any atom is 0.149 e. The second kappa shape index (κ2) is 4.79. The highest BCUT2D eigenvalue weighted by atomic mass is 79.9. The fourth-order valence-electron chi connectivity index (χ4n) is 1.48. The van der Waals surface area contributed by atoms with Crippen LogP contribution < -0.4 is 5.32 Å². The molecule has 0 saturated heterocycles. The molecule has 0 unspecified atom stereocenters. The zero-order valence-corrected chi connectivity index (χ0v) is 10.6. The molecule has 0 aliphatic rings. The van der Waals surface area contributed by atoms with Gasteiger partial charge in [0.05, 0.1) is 15.7 Å². The molecule has 0 fully saturated rings. The van der Waals surface area contributed by atoms with Gasteiger partial charge in [-0.1, -0.05) is 6.07 Å². The van der Waals surface area contributed by atoms with Gasteiger partial charge in [0.2, 0.25) is 0 Å². The van der Waals surface area contributed by atoms with E-state index in [1.807, 2.05) is 0 Å². The van der Waals surface area contributed by atoms with Crippen molar-refractivity contribution < 1.29 is 8.78 Å². The molecule has 88 valence electrons. The fraction of sp³-hybridized carbons (Fsp3) is 0.0833. The third kappa shape index (κ3) is 2.29. The smallest absolute Gasteiger partial charge is 0.149 e. The van der Waals surface area contributed by atoms with Crippen molar-refractivity contribution in [3.63, 3.8) is 0 Å². The summed E-state index contributed by atoms with van der Waals surface area (Å²) in [4.78, 5) is 4.11. The van der Waals surface area contributed by atoms with E-state index >= 15 is 0 Å². The summed E-state index contributed by atoms with van der Waals surface area (Å²) < 4.78 is 27.7. The third-order valence-electron chi connectivity index (χ3n) is 2.31. The lowest BCUT2D eigenvalue weighted by molar-refractivity contribution is 0.584. The lowest BCUT2D eigenvalue weighted by Gasteiger charge is -2.07. The maximum absolute atomic E-state index is 13.8. The van der Waals surface area contributed by atoms with Crippen LogP contribution in [0.15, 0.2) is 34.8 Å². The number of aromatic nitrogens is 1. The summed E-state index contributed by atoms with van der Waals surface area (Å²) in [5.74, 6) is -0.724. The minimum absolute atomic E-state index is 0.128. The van der Waals surface area contributed by atoms with E-state index in [-0.39, 0.29) is 15.7 Å².